The summed E-state index contributed by atoms with van der Waals surface area (Å²) in [6, 6.07) is 6.51. The summed E-state index contributed by atoms with van der Waals surface area (Å²) in [4.78, 5) is 24.8. The molecule has 0 heterocycles. The van der Waals surface area contributed by atoms with Crippen molar-refractivity contribution in [3.63, 3.8) is 0 Å². The summed E-state index contributed by atoms with van der Waals surface area (Å²) in [6.07, 6.45) is 0. The number of amides is 1. The van der Waals surface area contributed by atoms with Crippen LogP contribution in [0.3, 0.4) is 0 Å². The molecule has 0 aliphatic carbocycles. The predicted molar refractivity (Wildman–Crippen MR) is 69.0 cm³/mol. The van der Waals surface area contributed by atoms with E-state index in [2.05, 4.69) is 0 Å². The largest absolute Gasteiger partial charge is 0.452 e. The fourth-order valence-corrected chi connectivity index (χ4v) is 1.27. The van der Waals surface area contributed by atoms with Gasteiger partial charge in [0, 0.05) is 18.8 Å². The van der Waals surface area contributed by atoms with Crippen LogP contribution in [0.2, 0.25) is 0 Å². The third-order valence-electron chi connectivity index (χ3n) is 2.62. The van der Waals surface area contributed by atoms with Crippen LogP contribution >= 0.6 is 0 Å². The van der Waals surface area contributed by atoms with Gasteiger partial charge in [-0.25, -0.2) is 4.79 Å². The molecule has 0 spiro atoms. The van der Waals surface area contributed by atoms with Gasteiger partial charge in [-0.2, -0.15) is 0 Å². The van der Waals surface area contributed by atoms with E-state index in [9.17, 15) is 9.59 Å². The molecule has 0 aromatic heterocycles. The van der Waals surface area contributed by atoms with Crippen LogP contribution in [0.15, 0.2) is 24.3 Å². The van der Waals surface area contributed by atoms with Gasteiger partial charge in [-0.05, 0) is 32.0 Å². The number of benzene rings is 1. The number of carbonyl (C=O) groups excluding carboxylic acids is 2. The number of esters is 1. The van der Waals surface area contributed by atoms with E-state index < -0.39 is 5.97 Å². The van der Waals surface area contributed by atoms with Crippen molar-refractivity contribution < 1.29 is 14.3 Å². The Balaban J connectivity index is 2.54. The molecule has 18 heavy (non-hydrogen) atoms. The molecule has 98 valence electrons. The van der Waals surface area contributed by atoms with Gasteiger partial charge in [0.05, 0.1) is 5.56 Å². The zero-order valence-electron chi connectivity index (χ0n) is 10.8. The lowest BCUT2D eigenvalue weighted by Crippen LogP contribution is -2.36. The van der Waals surface area contributed by atoms with Gasteiger partial charge in [0.2, 0.25) is 0 Å². The Morgan fingerprint density at radius 1 is 1.39 bits per heavy atom. The monoisotopic (exact) mass is 250 g/mol. The van der Waals surface area contributed by atoms with Crippen molar-refractivity contribution in [3.8, 4) is 0 Å². The molecule has 0 aliphatic heterocycles. The predicted octanol–water partition coefficient (Wildman–Crippen LogP) is 1.29. The highest BCUT2D eigenvalue weighted by Crippen LogP contribution is 2.08. The Bertz CT molecular complexity index is 444. The number of nitrogens with zero attached hydrogens (tertiary/aromatic N) is 1. The molecule has 1 aromatic carbocycles. The summed E-state index contributed by atoms with van der Waals surface area (Å²) in [5, 5.41) is 0. The minimum Gasteiger partial charge on any atom is -0.452 e. The molecule has 1 amide bonds. The van der Waals surface area contributed by atoms with Gasteiger partial charge in [0.15, 0.2) is 6.61 Å². The lowest BCUT2D eigenvalue weighted by Gasteiger charge is -2.21. The van der Waals surface area contributed by atoms with Crippen LogP contribution in [-0.2, 0) is 9.53 Å². The summed E-state index contributed by atoms with van der Waals surface area (Å²) in [5.74, 6) is -0.782. The van der Waals surface area contributed by atoms with Crippen LogP contribution in [0.4, 0.5) is 5.69 Å². The maximum atomic E-state index is 11.6. The van der Waals surface area contributed by atoms with Gasteiger partial charge in [0.25, 0.3) is 5.91 Å². The third kappa shape index (κ3) is 3.76. The van der Waals surface area contributed by atoms with Crippen LogP contribution in [0, 0.1) is 0 Å². The molecule has 0 bridgehead atoms. The first-order chi connectivity index (χ1) is 8.41. The van der Waals surface area contributed by atoms with Crippen LogP contribution < -0.4 is 5.73 Å². The molecule has 5 nitrogen and oxygen atoms in total. The van der Waals surface area contributed by atoms with Crippen LogP contribution in [-0.4, -0.2) is 36.5 Å². The number of nitrogens with two attached hydrogens (primary N) is 1. The Labute approximate surface area is 107 Å². The van der Waals surface area contributed by atoms with Crippen molar-refractivity contribution in [2.45, 2.75) is 19.9 Å². The summed E-state index contributed by atoms with van der Waals surface area (Å²) < 4.78 is 4.93. The number of hydrogen-bond acceptors (Lipinski definition) is 4. The first-order valence-electron chi connectivity index (χ1n) is 5.70. The highest BCUT2D eigenvalue weighted by Gasteiger charge is 2.15. The van der Waals surface area contributed by atoms with Crippen LogP contribution in [0.1, 0.15) is 24.2 Å². The minimum absolute atomic E-state index is 0.0728. The third-order valence-corrected chi connectivity index (χ3v) is 2.62. The topological polar surface area (TPSA) is 72.6 Å². The van der Waals surface area contributed by atoms with E-state index >= 15 is 0 Å². The molecule has 0 saturated carbocycles. The number of ether oxygens (including phenoxy) is 1. The lowest BCUT2D eigenvalue weighted by atomic mass is 10.2. The number of rotatable bonds is 4. The number of nitrogen functional groups attached to an aromatic ring is 1. The van der Waals surface area contributed by atoms with E-state index in [0.717, 1.165) is 0 Å². The fourth-order valence-electron chi connectivity index (χ4n) is 1.27. The molecular weight excluding hydrogens is 232 g/mol. The average molecular weight is 250 g/mol. The van der Waals surface area contributed by atoms with Crippen molar-refractivity contribution >= 4 is 17.6 Å². The minimum atomic E-state index is -0.548. The standard InChI is InChI=1S/C13H18N2O3/c1-9(2)15(3)12(16)8-18-13(17)10-5-4-6-11(14)7-10/h4-7,9H,8,14H2,1-3H3. The van der Waals surface area contributed by atoms with E-state index in [4.69, 9.17) is 10.5 Å². The second-order valence-electron chi connectivity index (χ2n) is 4.30. The Morgan fingerprint density at radius 2 is 2.06 bits per heavy atom. The number of carbonyl (C=O) groups is 2. The van der Waals surface area contributed by atoms with Gasteiger partial charge in [-0.3, -0.25) is 4.79 Å². The molecule has 0 fully saturated rings. The molecule has 1 aromatic rings. The highest BCUT2D eigenvalue weighted by atomic mass is 16.5. The zero-order valence-corrected chi connectivity index (χ0v) is 10.8. The fraction of sp³-hybridized carbons (Fsp3) is 0.385. The maximum absolute atomic E-state index is 11.6. The van der Waals surface area contributed by atoms with Crippen LogP contribution in [0.25, 0.3) is 0 Å². The summed E-state index contributed by atoms with van der Waals surface area (Å²) in [5.41, 5.74) is 6.38. The molecular formula is C13H18N2O3. The number of hydrogen-bond donors (Lipinski definition) is 1. The molecule has 5 heteroatoms. The molecule has 0 radical (unpaired) electrons. The summed E-state index contributed by atoms with van der Waals surface area (Å²) in [6.45, 7) is 3.51. The van der Waals surface area contributed by atoms with Crippen molar-refractivity contribution in [3.05, 3.63) is 29.8 Å². The van der Waals surface area contributed by atoms with Gasteiger partial charge in [-0.1, -0.05) is 6.07 Å². The van der Waals surface area contributed by atoms with E-state index in [1.54, 1.807) is 25.2 Å². The average Bonchev–Trinajstić information content (AvgIpc) is 2.34. The lowest BCUT2D eigenvalue weighted by molar-refractivity contribution is -0.134. The highest BCUT2D eigenvalue weighted by molar-refractivity contribution is 5.92. The van der Waals surface area contributed by atoms with Crippen LogP contribution in [0.5, 0.6) is 0 Å². The first kappa shape index (κ1) is 14.0. The number of anilines is 1. The Kier molecular flexibility index (Phi) is 4.71. The zero-order chi connectivity index (χ0) is 13.7. The second-order valence-corrected chi connectivity index (χ2v) is 4.30. The maximum Gasteiger partial charge on any atom is 0.338 e. The smallest absolute Gasteiger partial charge is 0.338 e. The molecule has 0 atom stereocenters. The number of likely N-dealkylation sites (N-methyl/N-ethyl adjacent to an activating group) is 1. The van der Waals surface area contributed by atoms with E-state index in [1.807, 2.05) is 13.8 Å². The first-order valence-corrected chi connectivity index (χ1v) is 5.70. The van der Waals surface area contributed by atoms with Crippen molar-refractivity contribution in [1.82, 2.24) is 4.90 Å². The quantitative estimate of drug-likeness (QED) is 0.645. The van der Waals surface area contributed by atoms with E-state index in [-0.39, 0.29) is 18.6 Å². The van der Waals surface area contributed by atoms with Crippen molar-refractivity contribution in [2.24, 2.45) is 0 Å². The Hall–Kier alpha value is -2.04. The molecule has 0 aliphatic rings. The summed E-state index contributed by atoms with van der Waals surface area (Å²) in [7, 11) is 1.67. The second kappa shape index (κ2) is 6.05. The van der Waals surface area contributed by atoms with Crippen molar-refractivity contribution in [2.75, 3.05) is 19.4 Å². The van der Waals surface area contributed by atoms with E-state index in [0.29, 0.717) is 11.3 Å². The van der Waals surface area contributed by atoms with Gasteiger partial charge >= 0.3 is 5.97 Å². The SMILES string of the molecule is CC(C)N(C)C(=O)COC(=O)c1cccc(N)c1. The normalized spacial score (nSPS) is 10.2. The molecule has 0 saturated heterocycles. The summed E-state index contributed by atoms with van der Waals surface area (Å²) >= 11 is 0. The van der Waals surface area contributed by atoms with E-state index in [1.165, 1.54) is 11.0 Å². The molecule has 2 N–H and O–H groups in total. The van der Waals surface area contributed by atoms with Crippen molar-refractivity contribution in [1.29, 1.82) is 0 Å². The van der Waals surface area contributed by atoms with Gasteiger partial charge in [0.1, 0.15) is 0 Å². The Morgan fingerprint density at radius 3 is 2.61 bits per heavy atom. The van der Waals surface area contributed by atoms with Gasteiger partial charge < -0.3 is 15.4 Å². The van der Waals surface area contributed by atoms with Gasteiger partial charge in [-0.15, -0.1) is 0 Å². The molecule has 0 unspecified atom stereocenters. The molecule has 1 rings (SSSR count).